The molecule has 1 aromatic rings. The number of hydrogen-bond acceptors (Lipinski definition) is 5. The Morgan fingerprint density at radius 3 is 2.54 bits per heavy atom. The smallest absolute Gasteiger partial charge is 0.407 e. The van der Waals surface area contributed by atoms with Gasteiger partial charge in [0.1, 0.15) is 18.8 Å². The Balaban J connectivity index is 1.51. The van der Waals surface area contributed by atoms with Crippen LogP contribution >= 0.6 is 0 Å². The van der Waals surface area contributed by atoms with Crippen LogP contribution in [0.15, 0.2) is 12.1 Å². The molecule has 1 amide bonds. The van der Waals surface area contributed by atoms with E-state index in [1.165, 1.54) is 11.1 Å². The number of nitrogens with zero attached hydrogens (tertiary/aromatic N) is 1. The third kappa shape index (κ3) is 4.32. The van der Waals surface area contributed by atoms with Crippen molar-refractivity contribution < 1.29 is 19.0 Å². The Bertz CT molecular complexity index is 610. The highest BCUT2D eigenvalue weighted by Crippen LogP contribution is 2.35. The van der Waals surface area contributed by atoms with Crippen molar-refractivity contribution in [2.45, 2.75) is 39.3 Å². The molecule has 1 aromatic carbocycles. The molecule has 24 heavy (non-hydrogen) atoms. The van der Waals surface area contributed by atoms with Crippen LogP contribution in [0, 0.1) is 0 Å². The minimum atomic E-state index is -0.463. The first-order valence-electron chi connectivity index (χ1n) is 8.51. The lowest BCUT2D eigenvalue weighted by Crippen LogP contribution is -2.39. The fourth-order valence-corrected chi connectivity index (χ4v) is 2.97. The fourth-order valence-electron chi connectivity index (χ4n) is 2.97. The molecule has 0 unspecified atom stereocenters. The number of amides is 1. The van der Waals surface area contributed by atoms with Gasteiger partial charge in [-0.3, -0.25) is 4.90 Å². The molecule has 3 rings (SSSR count). The molecular weight excluding hydrogens is 308 g/mol. The number of rotatable bonds is 3. The SMILES string of the molecule is CC(C)(C)OC(=O)NCCN1CCc2cc3c(cc2C1)OCCO3. The first-order valence-corrected chi connectivity index (χ1v) is 8.51. The van der Waals surface area contributed by atoms with Gasteiger partial charge < -0.3 is 19.5 Å². The average Bonchev–Trinajstić information content (AvgIpc) is 2.51. The molecule has 0 saturated heterocycles. The first-order chi connectivity index (χ1) is 11.4. The van der Waals surface area contributed by atoms with Crippen LogP contribution in [-0.2, 0) is 17.7 Å². The molecule has 6 heteroatoms. The normalized spacial score (nSPS) is 17.1. The van der Waals surface area contributed by atoms with E-state index in [0.717, 1.165) is 37.6 Å². The number of hydrogen-bond donors (Lipinski definition) is 1. The van der Waals surface area contributed by atoms with E-state index in [4.69, 9.17) is 14.2 Å². The van der Waals surface area contributed by atoms with Crippen LogP contribution < -0.4 is 14.8 Å². The highest BCUT2D eigenvalue weighted by Gasteiger charge is 2.21. The van der Waals surface area contributed by atoms with Crippen LogP contribution in [0.2, 0.25) is 0 Å². The maximum atomic E-state index is 11.7. The van der Waals surface area contributed by atoms with Gasteiger partial charge in [-0.25, -0.2) is 4.79 Å². The third-order valence-electron chi connectivity index (χ3n) is 4.05. The summed E-state index contributed by atoms with van der Waals surface area (Å²) in [6.07, 6.45) is 0.623. The summed E-state index contributed by atoms with van der Waals surface area (Å²) >= 11 is 0. The van der Waals surface area contributed by atoms with E-state index in [1.54, 1.807) is 0 Å². The van der Waals surface area contributed by atoms with Crippen molar-refractivity contribution in [2.75, 3.05) is 32.8 Å². The molecule has 6 nitrogen and oxygen atoms in total. The van der Waals surface area contributed by atoms with Gasteiger partial charge in [-0.1, -0.05) is 0 Å². The van der Waals surface area contributed by atoms with Crippen LogP contribution in [0.25, 0.3) is 0 Å². The number of carbonyl (C=O) groups excluding carboxylic acids is 1. The zero-order valence-electron chi connectivity index (χ0n) is 14.7. The van der Waals surface area contributed by atoms with Crippen LogP contribution in [0.5, 0.6) is 11.5 Å². The van der Waals surface area contributed by atoms with Crippen LogP contribution in [0.1, 0.15) is 31.9 Å². The van der Waals surface area contributed by atoms with E-state index in [9.17, 15) is 4.79 Å². The summed E-state index contributed by atoms with van der Waals surface area (Å²) in [6, 6.07) is 4.21. The van der Waals surface area contributed by atoms with Crippen molar-refractivity contribution in [1.82, 2.24) is 10.2 Å². The molecule has 2 aliphatic rings. The summed E-state index contributed by atoms with van der Waals surface area (Å²) in [5.74, 6) is 1.70. The standard InChI is InChI=1S/C18H26N2O4/c1-18(2,3)24-17(21)19-5-7-20-6-4-13-10-15-16(11-14(13)12-20)23-9-8-22-15/h10-11H,4-9,12H2,1-3H3,(H,19,21). The predicted octanol–water partition coefficient (Wildman–Crippen LogP) is 2.34. The molecule has 0 bridgehead atoms. The molecular formula is C18H26N2O4. The predicted molar refractivity (Wildman–Crippen MR) is 90.6 cm³/mol. The van der Waals surface area contributed by atoms with Gasteiger partial charge in [0.25, 0.3) is 0 Å². The number of fused-ring (bicyclic) bond motifs is 2. The molecule has 0 spiro atoms. The van der Waals surface area contributed by atoms with E-state index in [-0.39, 0.29) is 6.09 Å². The van der Waals surface area contributed by atoms with Gasteiger partial charge in [-0.15, -0.1) is 0 Å². The van der Waals surface area contributed by atoms with E-state index in [1.807, 2.05) is 20.8 Å². The van der Waals surface area contributed by atoms with Crippen molar-refractivity contribution in [3.63, 3.8) is 0 Å². The van der Waals surface area contributed by atoms with Gasteiger partial charge >= 0.3 is 6.09 Å². The Kier molecular flexibility index (Phi) is 4.85. The van der Waals surface area contributed by atoms with Crippen LogP contribution in [0.4, 0.5) is 4.79 Å². The third-order valence-corrected chi connectivity index (χ3v) is 4.05. The Morgan fingerprint density at radius 2 is 1.88 bits per heavy atom. The van der Waals surface area contributed by atoms with Crippen LogP contribution in [0.3, 0.4) is 0 Å². The minimum Gasteiger partial charge on any atom is -0.486 e. The molecule has 0 atom stereocenters. The van der Waals surface area contributed by atoms with E-state index in [0.29, 0.717) is 19.8 Å². The number of nitrogens with one attached hydrogen (secondary N) is 1. The van der Waals surface area contributed by atoms with Gasteiger partial charge in [0.15, 0.2) is 11.5 Å². The van der Waals surface area contributed by atoms with Crippen molar-refractivity contribution >= 4 is 6.09 Å². The Hall–Kier alpha value is -1.95. The van der Waals surface area contributed by atoms with Gasteiger partial charge in [-0.05, 0) is 50.5 Å². The zero-order valence-corrected chi connectivity index (χ0v) is 14.7. The highest BCUT2D eigenvalue weighted by molar-refractivity contribution is 5.67. The van der Waals surface area contributed by atoms with Crippen molar-refractivity contribution in [3.8, 4) is 11.5 Å². The number of benzene rings is 1. The second kappa shape index (κ2) is 6.89. The Labute approximate surface area is 143 Å². The average molecular weight is 334 g/mol. The molecule has 132 valence electrons. The van der Waals surface area contributed by atoms with Gasteiger partial charge in [0.05, 0.1) is 0 Å². The molecule has 2 aliphatic heterocycles. The Morgan fingerprint density at radius 1 is 1.21 bits per heavy atom. The first kappa shape index (κ1) is 16.9. The summed E-state index contributed by atoms with van der Waals surface area (Å²) in [7, 11) is 0. The number of carbonyl (C=O) groups is 1. The monoisotopic (exact) mass is 334 g/mol. The second-order valence-electron chi connectivity index (χ2n) is 7.22. The van der Waals surface area contributed by atoms with Gasteiger partial charge in [0.2, 0.25) is 0 Å². The topological polar surface area (TPSA) is 60.0 Å². The summed E-state index contributed by atoms with van der Waals surface area (Å²) in [5, 5.41) is 2.81. The molecule has 0 saturated carbocycles. The largest absolute Gasteiger partial charge is 0.486 e. The highest BCUT2D eigenvalue weighted by atomic mass is 16.6. The van der Waals surface area contributed by atoms with E-state index < -0.39 is 5.60 Å². The molecule has 0 radical (unpaired) electrons. The maximum absolute atomic E-state index is 11.7. The second-order valence-corrected chi connectivity index (χ2v) is 7.22. The summed E-state index contributed by atoms with van der Waals surface area (Å²) in [6.45, 7) is 10.0. The molecule has 0 aromatic heterocycles. The van der Waals surface area contributed by atoms with Gasteiger partial charge in [-0.2, -0.15) is 0 Å². The lowest BCUT2D eigenvalue weighted by molar-refractivity contribution is 0.0521. The van der Waals surface area contributed by atoms with E-state index in [2.05, 4.69) is 22.3 Å². The van der Waals surface area contributed by atoms with E-state index >= 15 is 0 Å². The molecule has 1 N–H and O–H groups in total. The quantitative estimate of drug-likeness (QED) is 0.919. The van der Waals surface area contributed by atoms with Crippen molar-refractivity contribution in [2.24, 2.45) is 0 Å². The zero-order chi connectivity index (χ0) is 17.2. The van der Waals surface area contributed by atoms with Gasteiger partial charge in [0, 0.05) is 26.2 Å². The molecule has 0 aliphatic carbocycles. The lowest BCUT2D eigenvalue weighted by atomic mass is 9.98. The van der Waals surface area contributed by atoms with Crippen molar-refractivity contribution in [1.29, 1.82) is 0 Å². The number of ether oxygens (including phenoxy) is 3. The fraction of sp³-hybridized carbons (Fsp3) is 0.611. The number of alkyl carbamates (subject to hydrolysis) is 1. The summed E-state index contributed by atoms with van der Waals surface area (Å²) < 4.78 is 16.6. The van der Waals surface area contributed by atoms with Crippen LogP contribution in [-0.4, -0.2) is 49.4 Å². The summed E-state index contributed by atoms with van der Waals surface area (Å²) in [5.41, 5.74) is 2.15. The maximum Gasteiger partial charge on any atom is 0.407 e. The minimum absolute atomic E-state index is 0.362. The molecule has 0 fully saturated rings. The lowest BCUT2D eigenvalue weighted by Gasteiger charge is -2.30. The molecule has 2 heterocycles. The van der Waals surface area contributed by atoms with Crippen molar-refractivity contribution in [3.05, 3.63) is 23.3 Å². The summed E-state index contributed by atoms with van der Waals surface area (Å²) in [4.78, 5) is 14.0.